The zero-order valence-electron chi connectivity index (χ0n) is 16.0. The SMILES string of the molecule is CCCCOc1cccc(CNC(=NC)N2CCC3(CCOC3)C2)c1.I. The van der Waals surface area contributed by atoms with Crippen LogP contribution in [0.25, 0.3) is 0 Å². The zero-order chi connectivity index (χ0) is 17.5. The van der Waals surface area contributed by atoms with Gasteiger partial charge in [-0.05, 0) is 37.0 Å². The maximum absolute atomic E-state index is 5.80. The van der Waals surface area contributed by atoms with Crippen molar-refractivity contribution in [2.75, 3.05) is 40.0 Å². The molecule has 1 N–H and O–H groups in total. The van der Waals surface area contributed by atoms with Crippen LogP contribution in [0.3, 0.4) is 0 Å². The van der Waals surface area contributed by atoms with E-state index in [4.69, 9.17) is 9.47 Å². The number of nitrogens with one attached hydrogen (secondary N) is 1. The molecule has 2 heterocycles. The van der Waals surface area contributed by atoms with Crippen LogP contribution in [0.4, 0.5) is 0 Å². The normalized spacial score (nSPS) is 22.5. The molecule has 2 saturated heterocycles. The molecule has 3 rings (SSSR count). The van der Waals surface area contributed by atoms with E-state index in [0.717, 1.165) is 64.0 Å². The van der Waals surface area contributed by atoms with Crippen molar-refractivity contribution >= 4 is 29.9 Å². The molecule has 1 unspecified atom stereocenters. The molecule has 0 bridgehead atoms. The molecule has 26 heavy (non-hydrogen) atoms. The average molecular weight is 473 g/mol. The Morgan fingerprint density at radius 2 is 2.27 bits per heavy atom. The molecule has 0 aliphatic carbocycles. The van der Waals surface area contributed by atoms with Crippen LogP contribution in [0.2, 0.25) is 0 Å². The third-order valence-electron chi connectivity index (χ3n) is 5.25. The molecule has 2 fully saturated rings. The van der Waals surface area contributed by atoms with E-state index in [0.29, 0.717) is 5.41 Å². The Balaban J connectivity index is 0.00000243. The number of hydrogen-bond acceptors (Lipinski definition) is 3. The van der Waals surface area contributed by atoms with E-state index in [1.807, 2.05) is 13.1 Å². The lowest BCUT2D eigenvalue weighted by Gasteiger charge is -2.25. The van der Waals surface area contributed by atoms with Crippen LogP contribution in [0.15, 0.2) is 29.3 Å². The number of aliphatic imine (C=N–C) groups is 1. The number of benzene rings is 1. The summed E-state index contributed by atoms with van der Waals surface area (Å²) in [7, 11) is 1.86. The van der Waals surface area contributed by atoms with Crippen LogP contribution in [-0.2, 0) is 11.3 Å². The number of ether oxygens (including phenoxy) is 2. The van der Waals surface area contributed by atoms with Crippen molar-refractivity contribution in [2.45, 2.75) is 39.2 Å². The van der Waals surface area contributed by atoms with Gasteiger partial charge in [0.15, 0.2) is 5.96 Å². The quantitative estimate of drug-likeness (QED) is 0.297. The van der Waals surface area contributed by atoms with E-state index >= 15 is 0 Å². The third-order valence-corrected chi connectivity index (χ3v) is 5.25. The van der Waals surface area contributed by atoms with Crippen molar-refractivity contribution in [3.63, 3.8) is 0 Å². The van der Waals surface area contributed by atoms with Crippen LogP contribution in [-0.4, -0.2) is 50.8 Å². The lowest BCUT2D eigenvalue weighted by molar-refractivity contribution is 0.156. The highest BCUT2D eigenvalue weighted by Crippen LogP contribution is 2.38. The number of guanidine groups is 1. The standard InChI is InChI=1S/C20H31N3O2.HI/c1-3-4-11-25-18-7-5-6-17(13-18)14-22-19(21-2)23-10-8-20(15-23)9-12-24-16-20;/h5-7,13H,3-4,8-12,14-16H2,1-2H3,(H,21,22);1H. The second kappa shape index (κ2) is 10.3. The summed E-state index contributed by atoms with van der Waals surface area (Å²) in [5, 5.41) is 3.51. The minimum atomic E-state index is 0. The molecule has 1 aromatic carbocycles. The molecule has 1 atom stereocenters. The number of halogens is 1. The molecule has 1 aromatic rings. The summed E-state index contributed by atoms with van der Waals surface area (Å²) < 4.78 is 11.4. The average Bonchev–Trinajstić information content (AvgIpc) is 3.27. The van der Waals surface area contributed by atoms with Crippen molar-refractivity contribution in [1.29, 1.82) is 0 Å². The largest absolute Gasteiger partial charge is 0.494 e. The summed E-state index contributed by atoms with van der Waals surface area (Å²) >= 11 is 0. The number of rotatable bonds is 6. The Kier molecular flexibility index (Phi) is 8.47. The zero-order valence-corrected chi connectivity index (χ0v) is 18.3. The van der Waals surface area contributed by atoms with Crippen molar-refractivity contribution in [2.24, 2.45) is 10.4 Å². The molecule has 6 heteroatoms. The first kappa shape index (κ1) is 21.3. The lowest BCUT2D eigenvalue weighted by Crippen LogP contribution is -2.41. The summed E-state index contributed by atoms with van der Waals surface area (Å²) in [6, 6.07) is 8.33. The molecule has 146 valence electrons. The fourth-order valence-corrected chi connectivity index (χ4v) is 3.68. The Bertz CT molecular complexity index is 588. The predicted octanol–water partition coefficient (Wildman–Crippen LogP) is 3.67. The van der Waals surface area contributed by atoms with Crippen LogP contribution in [0, 0.1) is 5.41 Å². The molecule has 5 nitrogen and oxygen atoms in total. The van der Waals surface area contributed by atoms with E-state index in [9.17, 15) is 0 Å². The van der Waals surface area contributed by atoms with Crippen molar-refractivity contribution in [1.82, 2.24) is 10.2 Å². The summed E-state index contributed by atoms with van der Waals surface area (Å²) in [5.41, 5.74) is 1.57. The van der Waals surface area contributed by atoms with E-state index in [1.54, 1.807) is 0 Å². The maximum Gasteiger partial charge on any atom is 0.193 e. The maximum atomic E-state index is 5.80. The van der Waals surface area contributed by atoms with Gasteiger partial charge in [-0.3, -0.25) is 4.99 Å². The van der Waals surface area contributed by atoms with Crippen molar-refractivity contribution < 1.29 is 9.47 Å². The van der Waals surface area contributed by atoms with Crippen LogP contribution >= 0.6 is 24.0 Å². The van der Waals surface area contributed by atoms with Gasteiger partial charge in [-0.25, -0.2) is 0 Å². The van der Waals surface area contributed by atoms with Gasteiger partial charge >= 0.3 is 0 Å². The third kappa shape index (κ3) is 5.49. The van der Waals surface area contributed by atoms with Gasteiger partial charge in [-0.15, -0.1) is 24.0 Å². The van der Waals surface area contributed by atoms with Gasteiger partial charge in [0.25, 0.3) is 0 Å². The Labute approximate surface area is 174 Å². The number of likely N-dealkylation sites (tertiary alicyclic amines) is 1. The van der Waals surface area contributed by atoms with E-state index in [1.165, 1.54) is 18.4 Å². The summed E-state index contributed by atoms with van der Waals surface area (Å²) in [4.78, 5) is 6.85. The van der Waals surface area contributed by atoms with Gasteiger partial charge in [0.2, 0.25) is 0 Å². The Morgan fingerprint density at radius 3 is 3.00 bits per heavy atom. The molecule has 1 spiro atoms. The first-order chi connectivity index (χ1) is 12.2. The van der Waals surface area contributed by atoms with E-state index in [-0.39, 0.29) is 24.0 Å². The summed E-state index contributed by atoms with van der Waals surface area (Å²) in [6.07, 6.45) is 4.63. The first-order valence-electron chi connectivity index (χ1n) is 9.50. The lowest BCUT2D eigenvalue weighted by atomic mass is 9.87. The first-order valence-corrected chi connectivity index (χ1v) is 9.50. The minimum Gasteiger partial charge on any atom is -0.494 e. The monoisotopic (exact) mass is 473 g/mol. The topological polar surface area (TPSA) is 46.1 Å². The highest BCUT2D eigenvalue weighted by Gasteiger charge is 2.42. The second-order valence-corrected chi connectivity index (χ2v) is 7.22. The Hall–Kier alpha value is -1.02. The highest BCUT2D eigenvalue weighted by molar-refractivity contribution is 14.0. The fraction of sp³-hybridized carbons (Fsp3) is 0.650. The molecule has 2 aliphatic rings. The van der Waals surface area contributed by atoms with Gasteiger partial charge in [0.05, 0.1) is 13.2 Å². The van der Waals surface area contributed by atoms with Gasteiger partial charge in [-0.1, -0.05) is 25.5 Å². The van der Waals surface area contributed by atoms with Gasteiger partial charge in [-0.2, -0.15) is 0 Å². The van der Waals surface area contributed by atoms with E-state index < -0.39 is 0 Å². The molecule has 0 amide bonds. The Morgan fingerprint density at radius 1 is 1.38 bits per heavy atom. The van der Waals surface area contributed by atoms with Crippen molar-refractivity contribution in [3.05, 3.63) is 29.8 Å². The predicted molar refractivity (Wildman–Crippen MR) is 117 cm³/mol. The molecule has 0 saturated carbocycles. The summed E-state index contributed by atoms with van der Waals surface area (Å²) in [5.74, 6) is 1.94. The molecule has 2 aliphatic heterocycles. The minimum absolute atomic E-state index is 0. The number of hydrogen-bond donors (Lipinski definition) is 1. The van der Waals surface area contributed by atoms with Crippen LogP contribution < -0.4 is 10.1 Å². The molecular weight excluding hydrogens is 441 g/mol. The second-order valence-electron chi connectivity index (χ2n) is 7.22. The van der Waals surface area contributed by atoms with Crippen molar-refractivity contribution in [3.8, 4) is 5.75 Å². The summed E-state index contributed by atoms with van der Waals surface area (Å²) in [6.45, 7) is 7.64. The van der Waals surface area contributed by atoms with Gasteiger partial charge in [0.1, 0.15) is 5.75 Å². The number of unbranched alkanes of at least 4 members (excludes halogenated alkanes) is 1. The number of nitrogens with zero attached hydrogens (tertiary/aromatic N) is 2. The van der Waals surface area contributed by atoms with E-state index in [2.05, 4.69) is 40.3 Å². The fourth-order valence-electron chi connectivity index (χ4n) is 3.68. The highest BCUT2D eigenvalue weighted by atomic mass is 127. The van der Waals surface area contributed by atoms with Gasteiger partial charge < -0.3 is 19.7 Å². The molecular formula is C20H32IN3O2. The smallest absolute Gasteiger partial charge is 0.193 e. The molecule has 0 radical (unpaired) electrons. The van der Waals surface area contributed by atoms with Crippen LogP contribution in [0.1, 0.15) is 38.2 Å². The molecule has 0 aromatic heterocycles. The van der Waals surface area contributed by atoms with Crippen LogP contribution in [0.5, 0.6) is 5.75 Å². The van der Waals surface area contributed by atoms with Gasteiger partial charge in [0, 0.05) is 38.7 Å².